The second kappa shape index (κ2) is 7.54. The van der Waals surface area contributed by atoms with Crippen LogP contribution in [-0.4, -0.2) is 41.6 Å². The summed E-state index contributed by atoms with van der Waals surface area (Å²) in [7, 11) is 3.19. The number of nitrogens with zero attached hydrogens (tertiary/aromatic N) is 3. The number of benzene rings is 2. The zero-order valence-electron chi connectivity index (χ0n) is 18.3. The molecule has 9 heteroatoms. The van der Waals surface area contributed by atoms with E-state index in [1.54, 1.807) is 18.9 Å². The number of aromatic nitrogens is 3. The first-order valence-corrected chi connectivity index (χ1v) is 10.8. The van der Waals surface area contributed by atoms with E-state index < -0.39 is 6.04 Å². The molecule has 3 heterocycles. The largest absolute Gasteiger partial charge is 0.493 e. The van der Waals surface area contributed by atoms with Gasteiger partial charge in [0.05, 0.1) is 14.2 Å². The average molecular weight is 446 g/mol. The van der Waals surface area contributed by atoms with Crippen LogP contribution in [0.3, 0.4) is 0 Å². The SMILES string of the molecule is COc1ccc(-c2nc3n(n2)C(c2ccc4c(c2)OCO4)C2=C(CCCC2=O)N3)cc1OC. The molecule has 3 aliphatic rings. The van der Waals surface area contributed by atoms with Crippen molar-refractivity contribution in [2.24, 2.45) is 0 Å². The molecule has 1 atom stereocenters. The van der Waals surface area contributed by atoms with Crippen molar-refractivity contribution in [3.63, 3.8) is 0 Å². The van der Waals surface area contributed by atoms with Gasteiger partial charge in [-0.15, -0.1) is 5.10 Å². The number of methoxy groups -OCH3 is 2. The molecule has 6 rings (SSSR count). The highest BCUT2D eigenvalue weighted by Gasteiger charge is 2.37. The molecule has 0 bridgehead atoms. The number of nitrogens with one attached hydrogen (secondary N) is 1. The number of hydrogen-bond donors (Lipinski definition) is 1. The Kier molecular flexibility index (Phi) is 4.49. The lowest BCUT2D eigenvalue weighted by Crippen LogP contribution is -2.31. The van der Waals surface area contributed by atoms with E-state index in [1.165, 1.54) is 0 Å². The predicted molar refractivity (Wildman–Crippen MR) is 119 cm³/mol. The fourth-order valence-corrected chi connectivity index (χ4v) is 4.65. The molecule has 0 saturated carbocycles. The monoisotopic (exact) mass is 446 g/mol. The van der Waals surface area contributed by atoms with Gasteiger partial charge in [0.1, 0.15) is 6.04 Å². The first-order chi connectivity index (χ1) is 16.2. The quantitative estimate of drug-likeness (QED) is 0.648. The molecule has 0 amide bonds. The van der Waals surface area contributed by atoms with E-state index in [0.717, 1.165) is 35.2 Å². The van der Waals surface area contributed by atoms with E-state index in [2.05, 4.69) is 5.32 Å². The van der Waals surface area contributed by atoms with Gasteiger partial charge in [0.25, 0.3) is 0 Å². The zero-order chi connectivity index (χ0) is 22.5. The number of allylic oxidation sites excluding steroid dienone is 2. The maximum absolute atomic E-state index is 13.0. The van der Waals surface area contributed by atoms with Gasteiger partial charge < -0.3 is 24.3 Å². The van der Waals surface area contributed by atoms with Crippen molar-refractivity contribution in [3.05, 3.63) is 53.2 Å². The Labute approximate surface area is 189 Å². The topological polar surface area (TPSA) is 96.7 Å². The third kappa shape index (κ3) is 3.11. The zero-order valence-corrected chi connectivity index (χ0v) is 18.3. The summed E-state index contributed by atoms with van der Waals surface area (Å²) in [5.74, 6) is 3.83. The van der Waals surface area contributed by atoms with Crippen LogP contribution in [0.25, 0.3) is 11.4 Å². The molecule has 2 aliphatic heterocycles. The van der Waals surface area contributed by atoms with E-state index in [0.29, 0.717) is 41.2 Å². The van der Waals surface area contributed by atoms with Crippen LogP contribution in [0.15, 0.2) is 47.7 Å². The lowest BCUT2D eigenvalue weighted by Gasteiger charge is -2.32. The first kappa shape index (κ1) is 19.7. The number of anilines is 1. The number of Topliss-reactive ketones (excluding diaryl/α,β-unsaturated/α-hetero) is 1. The molecule has 1 aliphatic carbocycles. The molecule has 0 spiro atoms. The van der Waals surface area contributed by atoms with Crippen molar-refractivity contribution in [1.29, 1.82) is 0 Å². The number of fused-ring (bicyclic) bond motifs is 2. The van der Waals surface area contributed by atoms with Gasteiger partial charge in [0.2, 0.25) is 12.7 Å². The summed E-state index contributed by atoms with van der Waals surface area (Å²) in [6.45, 7) is 0.190. The second-order valence-corrected chi connectivity index (χ2v) is 8.08. The van der Waals surface area contributed by atoms with Crippen molar-refractivity contribution in [2.45, 2.75) is 25.3 Å². The van der Waals surface area contributed by atoms with Crippen molar-refractivity contribution < 1.29 is 23.7 Å². The Bertz CT molecular complexity index is 1310. The highest BCUT2D eigenvalue weighted by Crippen LogP contribution is 2.43. The normalized spacial score (nSPS) is 18.5. The molecule has 9 nitrogen and oxygen atoms in total. The summed E-state index contributed by atoms with van der Waals surface area (Å²) in [6, 6.07) is 10.9. The third-order valence-corrected chi connectivity index (χ3v) is 6.22. The minimum Gasteiger partial charge on any atom is -0.493 e. The van der Waals surface area contributed by atoms with Gasteiger partial charge in [-0.25, -0.2) is 4.68 Å². The van der Waals surface area contributed by atoms with Crippen LogP contribution in [0.5, 0.6) is 23.0 Å². The Morgan fingerprint density at radius 3 is 2.73 bits per heavy atom. The lowest BCUT2D eigenvalue weighted by atomic mass is 9.85. The fraction of sp³-hybridized carbons (Fsp3) is 0.292. The average Bonchev–Trinajstić information content (AvgIpc) is 3.48. The fourth-order valence-electron chi connectivity index (χ4n) is 4.65. The van der Waals surface area contributed by atoms with Crippen LogP contribution >= 0.6 is 0 Å². The minimum absolute atomic E-state index is 0.125. The van der Waals surface area contributed by atoms with E-state index in [4.69, 9.17) is 29.0 Å². The second-order valence-electron chi connectivity index (χ2n) is 8.08. The van der Waals surface area contributed by atoms with Crippen LogP contribution in [-0.2, 0) is 4.79 Å². The molecule has 1 unspecified atom stereocenters. The smallest absolute Gasteiger partial charge is 0.231 e. The highest BCUT2D eigenvalue weighted by molar-refractivity contribution is 5.99. The number of carbonyl (C=O) groups excluding carboxylic acids is 1. The van der Waals surface area contributed by atoms with Gasteiger partial charge >= 0.3 is 0 Å². The number of rotatable bonds is 4. The van der Waals surface area contributed by atoms with Crippen molar-refractivity contribution in [3.8, 4) is 34.4 Å². The van der Waals surface area contributed by atoms with Gasteiger partial charge in [0.15, 0.2) is 34.6 Å². The molecule has 168 valence electrons. The third-order valence-electron chi connectivity index (χ3n) is 6.22. The van der Waals surface area contributed by atoms with Crippen LogP contribution in [0.1, 0.15) is 30.9 Å². The molecule has 0 saturated heterocycles. The van der Waals surface area contributed by atoms with Crippen LogP contribution in [0.4, 0.5) is 5.95 Å². The van der Waals surface area contributed by atoms with Crippen LogP contribution in [0.2, 0.25) is 0 Å². The number of carbonyl (C=O) groups is 1. The Balaban J connectivity index is 1.49. The first-order valence-electron chi connectivity index (χ1n) is 10.8. The molecule has 3 aromatic rings. The Morgan fingerprint density at radius 2 is 1.88 bits per heavy atom. The summed E-state index contributed by atoms with van der Waals surface area (Å²) in [4.78, 5) is 17.8. The van der Waals surface area contributed by atoms with Gasteiger partial charge in [-0.05, 0) is 48.7 Å². The predicted octanol–water partition coefficient (Wildman–Crippen LogP) is 3.71. The summed E-state index contributed by atoms with van der Waals surface area (Å²) < 4.78 is 23.6. The summed E-state index contributed by atoms with van der Waals surface area (Å²) in [5.41, 5.74) is 3.32. The molecule has 1 aromatic heterocycles. The van der Waals surface area contributed by atoms with Gasteiger partial charge in [0, 0.05) is 23.3 Å². The standard InChI is InChI=1S/C24H22N4O5/c1-30-17-8-7-14(11-19(17)31-2)23-26-24-25-15-4-3-5-16(29)21(15)22(28(24)27-23)13-6-9-18-20(10-13)33-12-32-18/h6-11,22H,3-5,12H2,1-2H3,(H,25,26,27). The maximum Gasteiger partial charge on any atom is 0.231 e. The number of ketones is 1. The van der Waals surface area contributed by atoms with Crippen molar-refractivity contribution in [1.82, 2.24) is 14.8 Å². The summed E-state index contributed by atoms with van der Waals surface area (Å²) >= 11 is 0. The molecule has 1 N–H and O–H groups in total. The van der Waals surface area contributed by atoms with E-state index in [9.17, 15) is 4.79 Å². The molecular weight excluding hydrogens is 424 g/mol. The Hall–Kier alpha value is -4.01. The molecule has 0 fully saturated rings. The lowest BCUT2D eigenvalue weighted by molar-refractivity contribution is -0.116. The highest BCUT2D eigenvalue weighted by atomic mass is 16.7. The van der Waals surface area contributed by atoms with Gasteiger partial charge in [-0.3, -0.25) is 4.79 Å². The van der Waals surface area contributed by atoms with E-state index in [-0.39, 0.29) is 12.6 Å². The molecule has 0 radical (unpaired) electrons. The summed E-state index contributed by atoms with van der Waals surface area (Å²) in [6.07, 6.45) is 2.13. The van der Waals surface area contributed by atoms with E-state index in [1.807, 2.05) is 36.4 Å². The maximum atomic E-state index is 13.0. The van der Waals surface area contributed by atoms with E-state index >= 15 is 0 Å². The van der Waals surface area contributed by atoms with Crippen LogP contribution in [0, 0.1) is 0 Å². The Morgan fingerprint density at radius 1 is 1.03 bits per heavy atom. The van der Waals surface area contributed by atoms with Crippen molar-refractivity contribution in [2.75, 3.05) is 26.3 Å². The minimum atomic E-state index is -0.403. The molecule has 33 heavy (non-hydrogen) atoms. The van der Waals surface area contributed by atoms with Gasteiger partial charge in [-0.2, -0.15) is 4.98 Å². The molecular formula is C24H22N4O5. The van der Waals surface area contributed by atoms with Gasteiger partial charge in [-0.1, -0.05) is 6.07 Å². The van der Waals surface area contributed by atoms with Crippen LogP contribution < -0.4 is 24.3 Å². The molecule has 2 aromatic carbocycles. The number of hydrogen-bond acceptors (Lipinski definition) is 8. The van der Waals surface area contributed by atoms with Crippen molar-refractivity contribution >= 4 is 11.7 Å². The summed E-state index contributed by atoms with van der Waals surface area (Å²) in [5, 5.41) is 8.18. The number of ether oxygens (including phenoxy) is 4.